The number of hydrogen-bond donors (Lipinski definition) is 1. The van der Waals surface area contributed by atoms with Crippen molar-refractivity contribution in [2.75, 3.05) is 27.4 Å². The van der Waals surface area contributed by atoms with Crippen LogP contribution in [0.4, 0.5) is 0 Å². The highest BCUT2D eigenvalue weighted by atomic mass is 16.5. The van der Waals surface area contributed by atoms with Gasteiger partial charge in [0.1, 0.15) is 30.4 Å². The van der Waals surface area contributed by atoms with Gasteiger partial charge in [0.2, 0.25) is 5.91 Å². The van der Waals surface area contributed by atoms with Crippen LogP contribution < -0.4 is 25.1 Å². The number of ether oxygens (including phenoxy) is 3. The smallest absolute Gasteiger partial charge is 0.254 e. The number of carbonyl (C=O) groups is 1. The minimum atomic E-state index is -0.324. The molecule has 0 saturated carbocycles. The summed E-state index contributed by atoms with van der Waals surface area (Å²) >= 11 is 0. The first-order valence-electron chi connectivity index (χ1n) is 9.34. The molecule has 0 aliphatic rings. The molecule has 0 bridgehead atoms. The quantitative estimate of drug-likeness (QED) is 0.545. The van der Waals surface area contributed by atoms with Gasteiger partial charge >= 0.3 is 0 Å². The van der Waals surface area contributed by atoms with Gasteiger partial charge in [-0.05, 0) is 36.4 Å². The Morgan fingerprint density at radius 1 is 1.03 bits per heavy atom. The molecule has 3 aromatic rings. The van der Waals surface area contributed by atoms with E-state index in [1.54, 1.807) is 44.6 Å². The van der Waals surface area contributed by atoms with E-state index in [0.29, 0.717) is 35.9 Å². The van der Waals surface area contributed by atoms with Gasteiger partial charge in [0.25, 0.3) is 5.56 Å². The summed E-state index contributed by atoms with van der Waals surface area (Å²) in [5.74, 6) is 1.74. The van der Waals surface area contributed by atoms with Gasteiger partial charge < -0.3 is 19.5 Å². The van der Waals surface area contributed by atoms with Crippen LogP contribution in [0.2, 0.25) is 0 Å². The first-order valence-corrected chi connectivity index (χ1v) is 9.34. The maximum atomic E-state index is 12.4. The number of rotatable bonds is 9. The summed E-state index contributed by atoms with van der Waals surface area (Å²) in [5.41, 5.74) is 0.877. The number of carbonyl (C=O) groups excluding carboxylic acids is 1. The summed E-state index contributed by atoms with van der Waals surface area (Å²) in [4.78, 5) is 28.8. The second-order valence-electron chi connectivity index (χ2n) is 6.31. The highest BCUT2D eigenvalue weighted by Crippen LogP contribution is 2.26. The van der Waals surface area contributed by atoms with Crippen LogP contribution in [0.5, 0.6) is 17.2 Å². The number of amides is 1. The van der Waals surface area contributed by atoms with Crippen LogP contribution in [-0.2, 0) is 11.3 Å². The third-order valence-electron chi connectivity index (χ3n) is 4.33. The topological polar surface area (TPSA) is 91.7 Å². The molecule has 0 saturated heterocycles. The summed E-state index contributed by atoms with van der Waals surface area (Å²) < 4.78 is 17.2. The zero-order valence-corrected chi connectivity index (χ0v) is 16.8. The molecule has 0 unspecified atom stereocenters. The zero-order valence-electron chi connectivity index (χ0n) is 16.8. The number of nitrogens with zero attached hydrogens (tertiary/aromatic N) is 2. The second kappa shape index (κ2) is 10.1. The molecular formula is C22H23N3O5. The molecule has 0 aliphatic carbocycles. The van der Waals surface area contributed by atoms with Crippen molar-refractivity contribution in [3.63, 3.8) is 0 Å². The summed E-state index contributed by atoms with van der Waals surface area (Å²) in [5, 5.41) is 2.72. The molecule has 156 valence electrons. The molecule has 1 aromatic heterocycles. The van der Waals surface area contributed by atoms with Gasteiger partial charge in [0, 0.05) is 11.6 Å². The maximum absolute atomic E-state index is 12.4. The van der Waals surface area contributed by atoms with Crippen LogP contribution in [0.3, 0.4) is 0 Å². The minimum Gasteiger partial charge on any atom is -0.497 e. The van der Waals surface area contributed by atoms with E-state index in [1.165, 1.54) is 17.0 Å². The lowest BCUT2D eigenvalue weighted by Crippen LogP contribution is -2.34. The van der Waals surface area contributed by atoms with Crippen molar-refractivity contribution in [1.29, 1.82) is 0 Å². The van der Waals surface area contributed by atoms with Crippen molar-refractivity contribution in [3.05, 3.63) is 71.3 Å². The van der Waals surface area contributed by atoms with Crippen LogP contribution in [0.15, 0.2) is 65.7 Å². The Morgan fingerprint density at radius 2 is 1.77 bits per heavy atom. The Labute approximate surface area is 174 Å². The lowest BCUT2D eigenvalue weighted by molar-refractivity contribution is -0.121. The van der Waals surface area contributed by atoms with Gasteiger partial charge in [-0.3, -0.25) is 14.2 Å². The molecule has 0 atom stereocenters. The molecule has 8 nitrogen and oxygen atoms in total. The Balaban J connectivity index is 1.52. The standard InChI is InChI=1S/C22H23N3O5/c1-28-16-7-9-17(10-8-16)30-12-11-23-21(26)14-25-15-24-19(13-22(25)27)18-5-3-4-6-20(18)29-2/h3-10,13,15H,11-12,14H2,1-2H3,(H,23,26). The minimum absolute atomic E-state index is 0.124. The summed E-state index contributed by atoms with van der Waals surface area (Å²) in [6, 6.07) is 15.8. The molecule has 1 N–H and O–H groups in total. The molecule has 0 radical (unpaired) electrons. The molecule has 1 amide bonds. The lowest BCUT2D eigenvalue weighted by atomic mass is 10.1. The number of methoxy groups -OCH3 is 2. The predicted octanol–water partition coefficient (Wildman–Crippen LogP) is 2.12. The van der Waals surface area contributed by atoms with E-state index in [1.807, 2.05) is 18.2 Å². The number of para-hydroxylation sites is 1. The Bertz CT molecular complexity index is 1050. The van der Waals surface area contributed by atoms with Crippen molar-refractivity contribution < 1.29 is 19.0 Å². The van der Waals surface area contributed by atoms with Gasteiger partial charge in [-0.1, -0.05) is 12.1 Å². The van der Waals surface area contributed by atoms with E-state index in [9.17, 15) is 9.59 Å². The molecule has 1 heterocycles. The highest BCUT2D eigenvalue weighted by molar-refractivity contribution is 5.75. The molecule has 2 aromatic carbocycles. The highest BCUT2D eigenvalue weighted by Gasteiger charge is 2.10. The largest absolute Gasteiger partial charge is 0.497 e. The summed E-state index contributed by atoms with van der Waals surface area (Å²) in [6.07, 6.45) is 1.36. The summed E-state index contributed by atoms with van der Waals surface area (Å²) in [7, 11) is 3.15. The Kier molecular flexibility index (Phi) is 7.05. The van der Waals surface area contributed by atoms with E-state index >= 15 is 0 Å². The van der Waals surface area contributed by atoms with Gasteiger partial charge in [-0.15, -0.1) is 0 Å². The molecule has 8 heteroatoms. The molecule has 30 heavy (non-hydrogen) atoms. The fourth-order valence-electron chi connectivity index (χ4n) is 2.79. The van der Waals surface area contributed by atoms with E-state index < -0.39 is 0 Å². The average Bonchev–Trinajstić information content (AvgIpc) is 2.78. The number of benzene rings is 2. The van der Waals surface area contributed by atoms with Gasteiger partial charge in [-0.2, -0.15) is 0 Å². The second-order valence-corrected chi connectivity index (χ2v) is 6.31. The van der Waals surface area contributed by atoms with Crippen LogP contribution in [0, 0.1) is 0 Å². The third-order valence-corrected chi connectivity index (χ3v) is 4.33. The van der Waals surface area contributed by atoms with Crippen LogP contribution in [-0.4, -0.2) is 42.8 Å². The molecule has 0 aliphatic heterocycles. The van der Waals surface area contributed by atoms with E-state index in [0.717, 1.165) is 5.75 Å². The zero-order chi connectivity index (χ0) is 21.3. The van der Waals surface area contributed by atoms with Gasteiger partial charge in [0.05, 0.1) is 32.8 Å². The van der Waals surface area contributed by atoms with Crippen molar-refractivity contribution in [2.24, 2.45) is 0 Å². The molecule has 0 spiro atoms. The number of nitrogens with one attached hydrogen (secondary N) is 1. The van der Waals surface area contributed by atoms with E-state index in [-0.39, 0.29) is 18.0 Å². The van der Waals surface area contributed by atoms with Crippen molar-refractivity contribution in [2.45, 2.75) is 6.54 Å². The monoisotopic (exact) mass is 409 g/mol. The normalized spacial score (nSPS) is 10.3. The van der Waals surface area contributed by atoms with Gasteiger partial charge in [0.15, 0.2) is 0 Å². The number of hydrogen-bond acceptors (Lipinski definition) is 6. The van der Waals surface area contributed by atoms with Crippen molar-refractivity contribution in [3.8, 4) is 28.5 Å². The Morgan fingerprint density at radius 3 is 2.47 bits per heavy atom. The number of aromatic nitrogens is 2. The molecule has 0 fully saturated rings. The first-order chi connectivity index (χ1) is 14.6. The van der Waals surface area contributed by atoms with Crippen molar-refractivity contribution >= 4 is 5.91 Å². The fourth-order valence-corrected chi connectivity index (χ4v) is 2.79. The SMILES string of the molecule is COc1ccc(OCCNC(=O)Cn2cnc(-c3ccccc3OC)cc2=O)cc1. The fraction of sp³-hybridized carbons (Fsp3) is 0.227. The van der Waals surface area contributed by atoms with E-state index in [2.05, 4.69) is 10.3 Å². The first kappa shape index (κ1) is 20.9. The van der Waals surface area contributed by atoms with Gasteiger partial charge in [-0.25, -0.2) is 4.98 Å². The maximum Gasteiger partial charge on any atom is 0.254 e. The summed E-state index contributed by atoms with van der Waals surface area (Å²) in [6.45, 7) is 0.491. The van der Waals surface area contributed by atoms with E-state index in [4.69, 9.17) is 14.2 Å². The van der Waals surface area contributed by atoms with Crippen LogP contribution in [0.25, 0.3) is 11.3 Å². The third kappa shape index (κ3) is 5.38. The lowest BCUT2D eigenvalue weighted by Gasteiger charge is -2.10. The average molecular weight is 409 g/mol. The Hall–Kier alpha value is -3.81. The molecule has 3 rings (SSSR count). The van der Waals surface area contributed by atoms with Crippen LogP contribution in [0.1, 0.15) is 0 Å². The predicted molar refractivity (Wildman–Crippen MR) is 112 cm³/mol. The van der Waals surface area contributed by atoms with Crippen LogP contribution >= 0.6 is 0 Å². The molecular weight excluding hydrogens is 386 g/mol. The van der Waals surface area contributed by atoms with Crippen molar-refractivity contribution in [1.82, 2.24) is 14.9 Å².